The number of aromatic nitrogens is 5. The Morgan fingerprint density at radius 1 is 1.17 bits per heavy atom. The van der Waals surface area contributed by atoms with E-state index in [1.807, 2.05) is 43.3 Å². The molecule has 0 bridgehead atoms. The van der Waals surface area contributed by atoms with Crippen molar-refractivity contribution in [3.8, 4) is 11.3 Å². The van der Waals surface area contributed by atoms with Crippen LogP contribution >= 0.6 is 0 Å². The highest BCUT2D eigenvalue weighted by molar-refractivity contribution is 5.87. The summed E-state index contributed by atoms with van der Waals surface area (Å²) in [6, 6.07) is 12.0. The van der Waals surface area contributed by atoms with Crippen LogP contribution < -0.4 is 5.32 Å². The van der Waals surface area contributed by atoms with Crippen LogP contribution in [-0.4, -0.2) is 25.3 Å². The Hall–Kier alpha value is -3.22. The van der Waals surface area contributed by atoms with Gasteiger partial charge in [-0.05, 0) is 13.0 Å². The molecule has 0 saturated carbocycles. The molecule has 2 N–H and O–H groups in total. The fourth-order valence-electron chi connectivity index (χ4n) is 2.44. The van der Waals surface area contributed by atoms with Gasteiger partial charge in [-0.25, -0.2) is 4.98 Å². The van der Waals surface area contributed by atoms with E-state index in [2.05, 4.69) is 30.6 Å². The number of hydrogen-bond acceptors (Lipinski definition) is 6. The van der Waals surface area contributed by atoms with Crippen molar-refractivity contribution in [1.29, 1.82) is 0 Å². The average molecular weight is 306 g/mol. The largest absolute Gasteiger partial charge is 0.364 e. The molecular formula is C16H14N6O. The maximum absolute atomic E-state index is 5.14. The highest BCUT2D eigenvalue weighted by atomic mass is 16.5. The van der Waals surface area contributed by atoms with E-state index >= 15 is 0 Å². The van der Waals surface area contributed by atoms with Crippen LogP contribution in [0.4, 0.5) is 5.82 Å². The molecule has 0 radical (unpaired) electrons. The molecule has 1 aromatic carbocycles. The Morgan fingerprint density at radius 2 is 2.04 bits per heavy atom. The van der Waals surface area contributed by atoms with E-state index < -0.39 is 0 Å². The second-order valence-corrected chi connectivity index (χ2v) is 5.17. The van der Waals surface area contributed by atoms with Crippen LogP contribution in [0.25, 0.3) is 22.4 Å². The minimum Gasteiger partial charge on any atom is -0.364 e. The molecule has 0 atom stereocenters. The van der Waals surface area contributed by atoms with Gasteiger partial charge in [0.2, 0.25) is 0 Å². The number of nitrogens with zero attached hydrogens (tertiary/aromatic N) is 4. The Bertz CT molecular complexity index is 944. The highest BCUT2D eigenvalue weighted by Crippen LogP contribution is 2.23. The standard InChI is InChI=1S/C16H14N6O/c1-10-14-15(18-9-19-16(14)23-22-10)17-8-12-7-13(21-20-12)11-5-3-2-4-6-11/h2-7,9H,8H2,1H3,(H,20,21)(H,17,18,19). The Morgan fingerprint density at radius 3 is 2.91 bits per heavy atom. The summed E-state index contributed by atoms with van der Waals surface area (Å²) in [6.45, 7) is 2.43. The summed E-state index contributed by atoms with van der Waals surface area (Å²) in [5.74, 6) is 0.699. The average Bonchev–Trinajstić information content (AvgIpc) is 3.21. The summed E-state index contributed by atoms with van der Waals surface area (Å²) in [7, 11) is 0. The molecule has 0 amide bonds. The van der Waals surface area contributed by atoms with E-state index in [0.29, 0.717) is 18.1 Å². The first kappa shape index (κ1) is 13.4. The molecule has 7 nitrogen and oxygen atoms in total. The number of aromatic amines is 1. The summed E-state index contributed by atoms with van der Waals surface area (Å²) >= 11 is 0. The molecule has 4 aromatic rings. The molecule has 3 heterocycles. The third-order valence-electron chi connectivity index (χ3n) is 3.59. The van der Waals surface area contributed by atoms with Gasteiger partial charge in [0.1, 0.15) is 17.5 Å². The lowest BCUT2D eigenvalue weighted by Gasteiger charge is -2.03. The fourth-order valence-corrected chi connectivity index (χ4v) is 2.44. The number of fused-ring (bicyclic) bond motifs is 1. The summed E-state index contributed by atoms with van der Waals surface area (Å²) in [5.41, 5.74) is 4.20. The minimum atomic E-state index is 0.481. The molecule has 0 aliphatic carbocycles. The van der Waals surface area contributed by atoms with Crippen molar-refractivity contribution in [3.63, 3.8) is 0 Å². The van der Waals surface area contributed by atoms with Crippen molar-refractivity contribution in [2.75, 3.05) is 5.32 Å². The highest BCUT2D eigenvalue weighted by Gasteiger charge is 2.12. The lowest BCUT2D eigenvalue weighted by Crippen LogP contribution is -2.02. The Balaban J connectivity index is 1.55. The number of H-pyrrole nitrogens is 1. The summed E-state index contributed by atoms with van der Waals surface area (Å²) in [4.78, 5) is 8.32. The van der Waals surface area contributed by atoms with Gasteiger partial charge in [-0.3, -0.25) is 5.10 Å². The Labute approximate surface area is 131 Å². The predicted octanol–water partition coefficient (Wildman–Crippen LogP) is 2.93. The van der Waals surface area contributed by atoms with Crippen LogP contribution in [0.2, 0.25) is 0 Å². The molecule has 23 heavy (non-hydrogen) atoms. The molecule has 0 aliphatic rings. The normalized spacial score (nSPS) is 11.0. The topological polar surface area (TPSA) is 92.5 Å². The smallest absolute Gasteiger partial charge is 0.263 e. The van der Waals surface area contributed by atoms with Crippen molar-refractivity contribution in [2.24, 2.45) is 0 Å². The van der Waals surface area contributed by atoms with Gasteiger partial charge in [-0.15, -0.1) is 0 Å². The lowest BCUT2D eigenvalue weighted by atomic mass is 10.1. The van der Waals surface area contributed by atoms with Crippen LogP contribution in [0, 0.1) is 6.92 Å². The van der Waals surface area contributed by atoms with Crippen molar-refractivity contribution < 1.29 is 4.52 Å². The quantitative estimate of drug-likeness (QED) is 0.602. The lowest BCUT2D eigenvalue weighted by molar-refractivity contribution is 0.442. The molecule has 0 saturated heterocycles. The zero-order chi connectivity index (χ0) is 15.6. The van der Waals surface area contributed by atoms with Gasteiger partial charge in [0.05, 0.1) is 23.6 Å². The molecule has 0 aliphatic heterocycles. The number of anilines is 1. The second kappa shape index (κ2) is 5.53. The van der Waals surface area contributed by atoms with E-state index in [0.717, 1.165) is 28.0 Å². The fraction of sp³-hybridized carbons (Fsp3) is 0.125. The zero-order valence-electron chi connectivity index (χ0n) is 12.4. The van der Waals surface area contributed by atoms with Crippen molar-refractivity contribution in [2.45, 2.75) is 13.5 Å². The van der Waals surface area contributed by atoms with Gasteiger partial charge < -0.3 is 9.84 Å². The monoisotopic (exact) mass is 306 g/mol. The van der Waals surface area contributed by atoms with E-state index in [4.69, 9.17) is 4.52 Å². The third kappa shape index (κ3) is 2.52. The molecule has 0 fully saturated rings. The third-order valence-corrected chi connectivity index (χ3v) is 3.59. The number of aryl methyl sites for hydroxylation is 1. The number of benzene rings is 1. The molecule has 7 heteroatoms. The molecule has 114 valence electrons. The van der Waals surface area contributed by atoms with Crippen LogP contribution in [0.1, 0.15) is 11.4 Å². The van der Waals surface area contributed by atoms with Crippen LogP contribution in [0.15, 0.2) is 47.2 Å². The van der Waals surface area contributed by atoms with Crippen molar-refractivity contribution in [1.82, 2.24) is 25.3 Å². The Kier molecular flexibility index (Phi) is 3.23. The molecular weight excluding hydrogens is 292 g/mol. The summed E-state index contributed by atoms with van der Waals surface area (Å²) in [5, 5.41) is 15.4. The summed E-state index contributed by atoms with van der Waals surface area (Å²) in [6.07, 6.45) is 1.46. The molecule has 3 aromatic heterocycles. The maximum atomic E-state index is 5.14. The minimum absolute atomic E-state index is 0.481. The van der Waals surface area contributed by atoms with Crippen molar-refractivity contribution >= 4 is 16.9 Å². The van der Waals surface area contributed by atoms with Crippen LogP contribution in [-0.2, 0) is 6.54 Å². The van der Waals surface area contributed by atoms with Gasteiger partial charge in [-0.2, -0.15) is 10.1 Å². The molecule has 4 rings (SSSR count). The van der Waals surface area contributed by atoms with Crippen LogP contribution in [0.5, 0.6) is 0 Å². The predicted molar refractivity (Wildman–Crippen MR) is 85.7 cm³/mol. The van der Waals surface area contributed by atoms with Crippen molar-refractivity contribution in [3.05, 3.63) is 54.1 Å². The van der Waals surface area contributed by atoms with Crippen LogP contribution in [0.3, 0.4) is 0 Å². The van der Waals surface area contributed by atoms with Gasteiger partial charge >= 0.3 is 0 Å². The van der Waals surface area contributed by atoms with E-state index in [9.17, 15) is 0 Å². The molecule has 0 unspecified atom stereocenters. The van der Waals surface area contributed by atoms with Gasteiger partial charge in [-0.1, -0.05) is 35.5 Å². The van der Waals surface area contributed by atoms with E-state index in [1.54, 1.807) is 0 Å². The van der Waals surface area contributed by atoms with Gasteiger partial charge in [0, 0.05) is 5.56 Å². The first-order valence-electron chi connectivity index (χ1n) is 7.22. The van der Waals surface area contributed by atoms with E-state index in [-0.39, 0.29) is 0 Å². The SMILES string of the molecule is Cc1noc2ncnc(NCc3cc(-c4ccccc4)n[nH]3)c12. The van der Waals surface area contributed by atoms with E-state index in [1.165, 1.54) is 6.33 Å². The first-order chi connectivity index (χ1) is 11.3. The van der Waals surface area contributed by atoms with Gasteiger partial charge in [0.15, 0.2) is 0 Å². The first-order valence-corrected chi connectivity index (χ1v) is 7.22. The zero-order valence-corrected chi connectivity index (χ0v) is 12.4. The molecule has 0 spiro atoms. The maximum Gasteiger partial charge on any atom is 0.263 e. The summed E-state index contributed by atoms with van der Waals surface area (Å²) < 4.78 is 5.14. The number of nitrogens with one attached hydrogen (secondary N) is 2. The second-order valence-electron chi connectivity index (χ2n) is 5.17. The van der Waals surface area contributed by atoms with Gasteiger partial charge in [0.25, 0.3) is 5.71 Å². The number of rotatable bonds is 4. The number of hydrogen-bond donors (Lipinski definition) is 2.